The highest BCUT2D eigenvalue weighted by molar-refractivity contribution is 5.91. The van der Waals surface area contributed by atoms with Crippen LogP contribution in [0.4, 0.5) is 5.82 Å². The Labute approximate surface area is 199 Å². The van der Waals surface area contributed by atoms with E-state index in [-0.39, 0.29) is 5.41 Å². The number of aromatic amines is 1. The number of hydrogen-bond acceptors (Lipinski definition) is 5. The summed E-state index contributed by atoms with van der Waals surface area (Å²) in [7, 11) is 0. The molecular weight excluding hydrogens is 422 g/mol. The maximum absolute atomic E-state index is 5.70. The number of aromatic nitrogens is 4. The SMILES string of the molecule is C[C@H]1c2oncc2C[C@@]2(C)c3nc(-c4ccnc5ccccc45)[nH+]c(N4CCCC4)c3CC[C@H]12. The number of rotatable bonds is 2. The van der Waals surface area contributed by atoms with Gasteiger partial charge in [0.15, 0.2) is 0 Å². The van der Waals surface area contributed by atoms with Gasteiger partial charge in [-0.1, -0.05) is 37.2 Å². The Balaban J connectivity index is 1.48. The first-order valence-electron chi connectivity index (χ1n) is 12.6. The predicted molar refractivity (Wildman–Crippen MR) is 131 cm³/mol. The summed E-state index contributed by atoms with van der Waals surface area (Å²) in [6.45, 7) is 6.95. The number of para-hydroxylation sites is 1. The predicted octanol–water partition coefficient (Wildman–Crippen LogP) is 4.88. The minimum absolute atomic E-state index is 0.0489. The van der Waals surface area contributed by atoms with Crippen molar-refractivity contribution in [2.75, 3.05) is 18.0 Å². The van der Waals surface area contributed by atoms with Crippen LogP contribution in [-0.4, -0.2) is 28.2 Å². The van der Waals surface area contributed by atoms with Crippen molar-refractivity contribution >= 4 is 16.7 Å². The number of hydrogen-bond donors (Lipinski definition) is 0. The summed E-state index contributed by atoms with van der Waals surface area (Å²) in [6.07, 6.45) is 9.46. The fourth-order valence-corrected chi connectivity index (χ4v) is 7.02. The molecule has 6 nitrogen and oxygen atoms in total. The molecule has 1 fully saturated rings. The molecule has 0 amide bonds. The molecule has 1 saturated heterocycles. The van der Waals surface area contributed by atoms with Crippen LogP contribution in [0.3, 0.4) is 0 Å². The van der Waals surface area contributed by atoms with Crippen LogP contribution >= 0.6 is 0 Å². The van der Waals surface area contributed by atoms with Gasteiger partial charge < -0.3 is 4.52 Å². The Morgan fingerprint density at radius 1 is 1.15 bits per heavy atom. The summed E-state index contributed by atoms with van der Waals surface area (Å²) in [5.41, 5.74) is 5.99. The molecule has 3 aromatic heterocycles. The van der Waals surface area contributed by atoms with Crippen molar-refractivity contribution in [3.8, 4) is 11.4 Å². The van der Waals surface area contributed by atoms with E-state index in [2.05, 4.69) is 58.1 Å². The number of fused-ring (bicyclic) bond motifs is 5. The van der Waals surface area contributed by atoms with Gasteiger partial charge in [-0.3, -0.25) is 9.88 Å². The Morgan fingerprint density at radius 3 is 2.88 bits per heavy atom. The van der Waals surface area contributed by atoms with E-state index in [1.54, 1.807) is 0 Å². The molecule has 0 radical (unpaired) electrons. The van der Waals surface area contributed by atoms with Gasteiger partial charge in [0.05, 0.1) is 35.9 Å². The molecule has 3 atom stereocenters. The van der Waals surface area contributed by atoms with E-state index >= 15 is 0 Å². The molecule has 7 rings (SSSR count). The lowest BCUT2D eigenvalue weighted by Gasteiger charge is -2.46. The standard InChI is InChI=1S/C28H29N5O/c1-17-22-10-9-21-25(28(22,2)15-18-16-30-34-24(17)18)31-26(32-27(21)33-13-5-6-14-33)20-11-12-29-23-8-4-3-7-19(20)23/h3-4,7-8,11-12,16-17,22H,5-6,9-10,13-15H2,1-2H3/p+1/t17-,22-,28-/m1/s1. The molecule has 34 heavy (non-hydrogen) atoms. The number of anilines is 1. The smallest absolute Gasteiger partial charge is 0.268 e. The average Bonchev–Trinajstić information content (AvgIpc) is 3.55. The molecule has 0 saturated carbocycles. The zero-order valence-electron chi connectivity index (χ0n) is 19.8. The average molecular weight is 453 g/mol. The van der Waals surface area contributed by atoms with Gasteiger partial charge in [-0.05, 0) is 50.2 Å². The van der Waals surface area contributed by atoms with Crippen LogP contribution in [0.1, 0.15) is 61.6 Å². The Kier molecular flexibility index (Phi) is 4.36. The molecule has 6 heteroatoms. The Hall–Kier alpha value is -3.28. The lowest BCUT2D eigenvalue weighted by molar-refractivity contribution is -0.356. The van der Waals surface area contributed by atoms with E-state index in [4.69, 9.17) is 9.51 Å². The van der Waals surface area contributed by atoms with E-state index in [0.717, 1.165) is 60.4 Å². The molecule has 3 aliphatic rings. The van der Waals surface area contributed by atoms with Crippen LogP contribution in [0.5, 0.6) is 0 Å². The van der Waals surface area contributed by atoms with Gasteiger partial charge >= 0.3 is 0 Å². The van der Waals surface area contributed by atoms with E-state index in [1.165, 1.54) is 35.5 Å². The summed E-state index contributed by atoms with van der Waals surface area (Å²) in [5.74, 6) is 4.14. The number of nitrogens with one attached hydrogen (secondary N) is 1. The second kappa shape index (κ2) is 7.36. The molecule has 4 heterocycles. The van der Waals surface area contributed by atoms with Crippen molar-refractivity contribution in [1.82, 2.24) is 15.1 Å². The van der Waals surface area contributed by atoms with Crippen LogP contribution < -0.4 is 9.88 Å². The van der Waals surface area contributed by atoms with Gasteiger partial charge in [-0.15, -0.1) is 4.98 Å². The van der Waals surface area contributed by atoms with E-state index in [9.17, 15) is 0 Å². The van der Waals surface area contributed by atoms with Gasteiger partial charge in [-0.2, -0.15) is 0 Å². The van der Waals surface area contributed by atoms with E-state index in [1.807, 2.05) is 18.5 Å². The minimum Gasteiger partial charge on any atom is -0.361 e. The van der Waals surface area contributed by atoms with Crippen LogP contribution in [0.15, 0.2) is 47.2 Å². The maximum atomic E-state index is 5.70. The van der Waals surface area contributed by atoms with Crippen LogP contribution in [0.25, 0.3) is 22.3 Å². The molecule has 1 N–H and O–H groups in total. The van der Waals surface area contributed by atoms with Gasteiger partial charge in [-0.25, -0.2) is 4.98 Å². The van der Waals surface area contributed by atoms with E-state index < -0.39 is 0 Å². The highest BCUT2D eigenvalue weighted by atomic mass is 16.5. The van der Waals surface area contributed by atoms with Gasteiger partial charge in [0, 0.05) is 28.5 Å². The van der Waals surface area contributed by atoms with E-state index in [0.29, 0.717) is 11.8 Å². The highest BCUT2D eigenvalue weighted by Gasteiger charge is 2.52. The van der Waals surface area contributed by atoms with Crippen molar-refractivity contribution in [2.45, 2.75) is 57.3 Å². The molecule has 4 aromatic rings. The van der Waals surface area contributed by atoms with Crippen molar-refractivity contribution in [2.24, 2.45) is 5.92 Å². The molecule has 0 unspecified atom stereocenters. The summed E-state index contributed by atoms with van der Waals surface area (Å²) >= 11 is 0. The first kappa shape index (κ1) is 20.1. The third-order valence-electron chi connectivity index (χ3n) is 8.67. The summed E-state index contributed by atoms with van der Waals surface area (Å²) in [6, 6.07) is 10.5. The topological polar surface area (TPSA) is 69.2 Å². The molecular formula is C28H30N5O+. The van der Waals surface area contributed by atoms with Crippen molar-refractivity contribution < 1.29 is 9.51 Å². The largest absolute Gasteiger partial charge is 0.361 e. The highest BCUT2D eigenvalue weighted by Crippen LogP contribution is 2.54. The van der Waals surface area contributed by atoms with Crippen LogP contribution in [0, 0.1) is 5.92 Å². The lowest BCUT2D eigenvalue weighted by atomic mass is 9.56. The number of nitrogens with zero attached hydrogens (tertiary/aromatic N) is 4. The van der Waals surface area contributed by atoms with Crippen molar-refractivity contribution in [1.29, 1.82) is 0 Å². The van der Waals surface area contributed by atoms with Gasteiger partial charge in [0.2, 0.25) is 5.82 Å². The minimum atomic E-state index is -0.0489. The molecule has 0 bridgehead atoms. The number of pyridine rings is 1. The number of benzene rings is 1. The Bertz CT molecular complexity index is 1400. The fraction of sp³-hybridized carbons (Fsp3) is 0.429. The molecule has 172 valence electrons. The first-order valence-corrected chi connectivity index (χ1v) is 12.6. The lowest BCUT2D eigenvalue weighted by Crippen LogP contribution is -2.47. The van der Waals surface area contributed by atoms with Crippen LogP contribution in [0.2, 0.25) is 0 Å². The second-order valence-electron chi connectivity index (χ2n) is 10.6. The maximum Gasteiger partial charge on any atom is 0.268 e. The van der Waals surface area contributed by atoms with Gasteiger partial charge in [0.1, 0.15) is 11.5 Å². The fourth-order valence-electron chi connectivity index (χ4n) is 7.02. The molecule has 1 aliphatic heterocycles. The molecule has 1 aromatic carbocycles. The van der Waals surface area contributed by atoms with Crippen LogP contribution in [-0.2, 0) is 18.3 Å². The zero-order valence-corrected chi connectivity index (χ0v) is 19.8. The summed E-state index contributed by atoms with van der Waals surface area (Å²) in [4.78, 5) is 16.4. The third kappa shape index (κ3) is 2.80. The molecule has 2 aliphatic carbocycles. The van der Waals surface area contributed by atoms with Crippen molar-refractivity contribution in [3.05, 3.63) is 65.3 Å². The monoisotopic (exact) mass is 452 g/mol. The van der Waals surface area contributed by atoms with Crippen molar-refractivity contribution in [3.63, 3.8) is 0 Å². The normalized spacial score (nSPS) is 25.8. The summed E-state index contributed by atoms with van der Waals surface area (Å²) in [5, 5.41) is 5.30. The quantitative estimate of drug-likeness (QED) is 0.434. The first-order chi connectivity index (χ1) is 16.6. The number of H-pyrrole nitrogens is 1. The Morgan fingerprint density at radius 2 is 2.00 bits per heavy atom. The zero-order chi connectivity index (χ0) is 22.9. The molecule has 0 spiro atoms. The second-order valence-corrected chi connectivity index (χ2v) is 10.6. The summed E-state index contributed by atoms with van der Waals surface area (Å²) < 4.78 is 5.70. The third-order valence-corrected chi connectivity index (χ3v) is 8.67. The van der Waals surface area contributed by atoms with Gasteiger partial charge in [0.25, 0.3) is 5.82 Å².